The summed E-state index contributed by atoms with van der Waals surface area (Å²) in [4.78, 5) is 35.8. The van der Waals surface area contributed by atoms with Crippen molar-refractivity contribution in [3.63, 3.8) is 0 Å². The Morgan fingerprint density at radius 2 is 0.659 bits per heavy atom. The molecule has 0 radical (unpaired) electrons. The van der Waals surface area contributed by atoms with E-state index in [4.69, 9.17) is 18.5 Å². The summed E-state index contributed by atoms with van der Waals surface area (Å²) >= 11 is 0. The van der Waals surface area contributed by atoms with Crippen molar-refractivity contribution in [3.8, 4) is 0 Å². The van der Waals surface area contributed by atoms with Crippen molar-refractivity contribution in [3.05, 3.63) is 36.5 Å². The minimum Gasteiger partial charge on any atom is -0.462 e. The summed E-state index contributed by atoms with van der Waals surface area (Å²) in [6.45, 7) is 4.48. The van der Waals surface area contributed by atoms with Gasteiger partial charge in [-0.3, -0.25) is 18.6 Å². The van der Waals surface area contributed by atoms with Gasteiger partial charge in [0.2, 0.25) is 0 Å². The van der Waals surface area contributed by atoms with Gasteiger partial charge in [-0.15, -0.1) is 0 Å². The van der Waals surface area contributed by atoms with Crippen LogP contribution in [-0.2, 0) is 32.7 Å². The third kappa shape index (κ3) is 67.4. The topological polar surface area (TPSA) is 108 Å². The number of carbonyl (C=O) groups is 2. The van der Waals surface area contributed by atoms with Gasteiger partial charge in [-0.25, -0.2) is 4.57 Å². The Balaban J connectivity index is 3.92. The summed E-state index contributed by atoms with van der Waals surface area (Å²) in [6.07, 6.45) is 81.3. The van der Waals surface area contributed by atoms with E-state index in [-0.39, 0.29) is 25.6 Å². The lowest BCUT2D eigenvalue weighted by Gasteiger charge is -2.24. The molecule has 0 heterocycles. The lowest BCUT2D eigenvalue weighted by Crippen LogP contribution is -2.37. The highest BCUT2D eigenvalue weighted by atomic mass is 31.2. The van der Waals surface area contributed by atoms with E-state index in [0.29, 0.717) is 23.9 Å². The molecular formula is C72H139NO8P+. The van der Waals surface area contributed by atoms with Gasteiger partial charge in [0.25, 0.3) is 0 Å². The molecule has 82 heavy (non-hydrogen) atoms. The third-order valence-electron chi connectivity index (χ3n) is 16.1. The number of hydrogen-bond acceptors (Lipinski definition) is 7. The van der Waals surface area contributed by atoms with E-state index >= 15 is 0 Å². The maximum Gasteiger partial charge on any atom is 0.472 e. The molecule has 0 aliphatic rings. The van der Waals surface area contributed by atoms with Crippen LogP contribution in [0.15, 0.2) is 36.5 Å². The molecule has 2 atom stereocenters. The number of likely N-dealkylation sites (N-methyl/N-ethyl adjacent to an activating group) is 1. The quantitative estimate of drug-likeness (QED) is 0.0211. The van der Waals surface area contributed by atoms with Crippen LogP contribution in [0, 0.1) is 0 Å². The van der Waals surface area contributed by atoms with Crippen LogP contribution in [0.1, 0.15) is 361 Å². The molecule has 0 saturated heterocycles. The van der Waals surface area contributed by atoms with Crippen LogP contribution in [0.25, 0.3) is 0 Å². The van der Waals surface area contributed by atoms with Gasteiger partial charge in [-0.1, -0.05) is 314 Å². The fourth-order valence-corrected chi connectivity index (χ4v) is 11.4. The fraction of sp³-hybridized carbons (Fsp3) is 0.889. The van der Waals surface area contributed by atoms with Gasteiger partial charge >= 0.3 is 19.8 Å². The van der Waals surface area contributed by atoms with Crippen LogP contribution in [0.4, 0.5) is 0 Å². The van der Waals surface area contributed by atoms with Crippen molar-refractivity contribution >= 4 is 19.8 Å². The van der Waals surface area contributed by atoms with Crippen LogP contribution < -0.4 is 0 Å². The summed E-state index contributed by atoms with van der Waals surface area (Å²) in [6, 6.07) is 0. The Hall–Kier alpha value is -1.77. The summed E-state index contributed by atoms with van der Waals surface area (Å²) in [5.41, 5.74) is 0. The van der Waals surface area contributed by atoms with Gasteiger partial charge in [-0.2, -0.15) is 0 Å². The molecule has 0 spiro atoms. The molecule has 0 saturated carbocycles. The van der Waals surface area contributed by atoms with Gasteiger partial charge in [0, 0.05) is 12.8 Å². The Bertz CT molecular complexity index is 1480. The van der Waals surface area contributed by atoms with Crippen molar-refractivity contribution in [2.75, 3.05) is 47.5 Å². The Morgan fingerprint density at radius 1 is 0.378 bits per heavy atom. The van der Waals surface area contributed by atoms with Crippen molar-refractivity contribution in [2.45, 2.75) is 367 Å². The second-order valence-corrected chi connectivity index (χ2v) is 27.1. The molecule has 10 heteroatoms. The highest BCUT2D eigenvalue weighted by Crippen LogP contribution is 2.43. The molecule has 0 aliphatic carbocycles. The Labute approximate surface area is 510 Å². The molecule has 0 rings (SSSR count). The van der Waals surface area contributed by atoms with E-state index in [9.17, 15) is 19.0 Å². The number of carbonyl (C=O) groups excluding carboxylic acids is 2. The van der Waals surface area contributed by atoms with Crippen molar-refractivity contribution in [1.82, 2.24) is 0 Å². The summed E-state index contributed by atoms with van der Waals surface area (Å²) < 4.78 is 34.7. The van der Waals surface area contributed by atoms with E-state index in [1.165, 1.54) is 283 Å². The number of unbranched alkanes of at least 4 members (excludes halogenated alkanes) is 47. The van der Waals surface area contributed by atoms with Gasteiger partial charge < -0.3 is 18.9 Å². The first-order valence-corrected chi connectivity index (χ1v) is 37.2. The second kappa shape index (κ2) is 63.7. The monoisotopic (exact) mass is 1180 g/mol. The summed E-state index contributed by atoms with van der Waals surface area (Å²) in [7, 11) is 1.49. The number of ether oxygens (including phenoxy) is 2. The zero-order valence-electron chi connectivity index (χ0n) is 55.3. The lowest BCUT2D eigenvalue weighted by molar-refractivity contribution is -0.870. The van der Waals surface area contributed by atoms with E-state index in [1.54, 1.807) is 0 Å². The number of hydrogen-bond donors (Lipinski definition) is 1. The molecule has 0 fully saturated rings. The maximum atomic E-state index is 12.8. The normalized spacial score (nSPS) is 13.3. The van der Waals surface area contributed by atoms with Crippen LogP contribution in [-0.4, -0.2) is 74.9 Å². The maximum absolute atomic E-state index is 12.8. The SMILES string of the molecule is CCCCCCC/C=C\C/C=C\CCCCCCCCCCCC(=O)OC(COC(=O)CCCCCCCCCCCCCCCCCCCCCCCCCCC/C=C\CCCCCCCCCC)COP(=O)(O)OCC[N+](C)(C)C. The number of phosphoric ester groups is 1. The van der Waals surface area contributed by atoms with Gasteiger partial charge in [0.05, 0.1) is 27.7 Å². The Morgan fingerprint density at radius 3 is 0.976 bits per heavy atom. The van der Waals surface area contributed by atoms with Crippen LogP contribution >= 0.6 is 7.82 Å². The minimum atomic E-state index is -4.39. The highest BCUT2D eigenvalue weighted by Gasteiger charge is 2.27. The van der Waals surface area contributed by atoms with E-state index < -0.39 is 26.5 Å². The first-order valence-electron chi connectivity index (χ1n) is 35.7. The highest BCUT2D eigenvalue weighted by molar-refractivity contribution is 7.47. The van der Waals surface area contributed by atoms with E-state index in [2.05, 4.69) is 50.3 Å². The predicted octanol–water partition coefficient (Wildman–Crippen LogP) is 23.1. The molecule has 1 N–H and O–H groups in total. The van der Waals surface area contributed by atoms with E-state index in [1.807, 2.05) is 21.1 Å². The zero-order valence-corrected chi connectivity index (χ0v) is 56.1. The molecule has 0 bridgehead atoms. The predicted molar refractivity (Wildman–Crippen MR) is 354 cm³/mol. The molecule has 2 unspecified atom stereocenters. The van der Waals surface area contributed by atoms with Crippen LogP contribution in [0.5, 0.6) is 0 Å². The van der Waals surface area contributed by atoms with Crippen LogP contribution in [0.2, 0.25) is 0 Å². The van der Waals surface area contributed by atoms with Gasteiger partial charge in [-0.05, 0) is 70.6 Å². The average molecular weight is 1180 g/mol. The number of quaternary nitrogens is 1. The van der Waals surface area contributed by atoms with Crippen LogP contribution in [0.3, 0.4) is 0 Å². The molecular weight excluding hydrogens is 1040 g/mol. The zero-order chi connectivity index (χ0) is 59.8. The Kier molecular flexibility index (Phi) is 62.3. The first-order chi connectivity index (χ1) is 40.0. The lowest BCUT2D eigenvalue weighted by atomic mass is 10.0. The molecule has 0 aromatic carbocycles. The van der Waals surface area contributed by atoms with Crippen molar-refractivity contribution in [1.29, 1.82) is 0 Å². The average Bonchev–Trinajstić information content (AvgIpc) is 3.46. The second-order valence-electron chi connectivity index (χ2n) is 25.6. The molecule has 9 nitrogen and oxygen atoms in total. The smallest absolute Gasteiger partial charge is 0.462 e. The standard InChI is InChI=1S/C72H138NO8P/c1-6-8-10-12-14-16-18-20-22-24-26-28-29-30-31-32-33-34-35-36-37-38-39-40-41-42-43-45-46-48-50-52-54-56-58-60-62-64-71(74)78-68-70(69-80-82(76,77)79-67-66-73(3,4)5)81-72(75)65-63-61-59-57-55-53-51-49-47-44-27-25-23-21-19-17-15-13-11-9-7-2/h19,21,24-27,70H,6-18,20,22-23,28-69H2,1-5H3/p+1/b21-19-,26-24-,27-25-. The molecule has 0 amide bonds. The number of rotatable bonds is 67. The number of phosphoric acid groups is 1. The minimum absolute atomic E-state index is 0.0328. The molecule has 0 aliphatic heterocycles. The number of allylic oxidation sites excluding steroid dienone is 6. The van der Waals surface area contributed by atoms with Gasteiger partial charge in [0.15, 0.2) is 6.10 Å². The third-order valence-corrected chi connectivity index (χ3v) is 17.1. The summed E-state index contributed by atoms with van der Waals surface area (Å²) in [5.74, 6) is -0.784. The van der Waals surface area contributed by atoms with Gasteiger partial charge in [0.1, 0.15) is 19.8 Å². The fourth-order valence-electron chi connectivity index (χ4n) is 10.6. The number of esters is 2. The first kappa shape index (κ1) is 80.2. The van der Waals surface area contributed by atoms with Crippen molar-refractivity contribution in [2.24, 2.45) is 0 Å². The molecule has 484 valence electrons. The largest absolute Gasteiger partial charge is 0.472 e. The van der Waals surface area contributed by atoms with E-state index in [0.717, 1.165) is 44.9 Å². The molecule has 0 aromatic rings. The molecule has 0 aromatic heterocycles. The van der Waals surface area contributed by atoms with Crippen molar-refractivity contribution < 1.29 is 42.1 Å². The number of nitrogens with zero attached hydrogens (tertiary/aromatic N) is 1. The summed E-state index contributed by atoms with van der Waals surface area (Å²) in [5, 5.41) is 0.